The number of hydrogen-bond acceptors (Lipinski definition) is 1. The third kappa shape index (κ3) is 1.71. The van der Waals surface area contributed by atoms with E-state index in [-0.39, 0.29) is 32.7 Å². The Labute approximate surface area is 119 Å². The molecular weight excluding hydrogens is 279 g/mol. The molecule has 1 aliphatic heterocycles. The van der Waals surface area contributed by atoms with E-state index in [0.717, 1.165) is 0 Å². The molecule has 15 heavy (non-hydrogen) atoms. The van der Waals surface area contributed by atoms with E-state index in [9.17, 15) is 0 Å². The van der Waals surface area contributed by atoms with E-state index < -0.39 is 0 Å². The summed E-state index contributed by atoms with van der Waals surface area (Å²) in [5, 5.41) is 1.40. The van der Waals surface area contributed by atoms with Crippen molar-refractivity contribution >= 4 is 22.7 Å². The van der Waals surface area contributed by atoms with Crippen LogP contribution in [0.4, 0.5) is 0 Å². The van der Waals surface area contributed by atoms with Gasteiger partial charge in [0.05, 0.1) is 0 Å². The van der Waals surface area contributed by atoms with Gasteiger partial charge in [-0.25, -0.2) is 0 Å². The molecule has 0 unspecified atom stereocenters. The number of nitrogens with zero attached hydrogens (tertiary/aromatic N) is 1. The smallest absolute Gasteiger partial charge is 0.0333 e. The van der Waals surface area contributed by atoms with Gasteiger partial charge in [0.2, 0.25) is 0 Å². The van der Waals surface area contributed by atoms with Gasteiger partial charge in [-0.15, -0.1) is 11.5 Å². The van der Waals surface area contributed by atoms with Gasteiger partial charge in [0.1, 0.15) is 0 Å². The van der Waals surface area contributed by atoms with Crippen molar-refractivity contribution in [2.75, 3.05) is 0 Å². The van der Waals surface area contributed by atoms with Crippen LogP contribution in [0.2, 0.25) is 0 Å². The molecule has 1 aromatic heterocycles. The zero-order valence-electron chi connectivity index (χ0n) is 9.00. The van der Waals surface area contributed by atoms with Crippen LogP contribution in [0.25, 0.3) is 10.9 Å². The Balaban J connectivity index is 0.000000853. The quantitative estimate of drug-likeness (QED) is 0.675. The minimum atomic E-state index is 0. The molecule has 0 bridgehead atoms. The molecule has 0 amide bonds. The molecule has 2 heterocycles. The molecular formula is C12H12NSY-. The van der Waals surface area contributed by atoms with Gasteiger partial charge < -0.3 is 4.57 Å². The Morgan fingerprint density at radius 2 is 2.20 bits per heavy atom. The molecule has 1 aliphatic rings. The van der Waals surface area contributed by atoms with Crippen LogP contribution in [0, 0.1) is 13.0 Å². The average molecular weight is 291 g/mol. The van der Waals surface area contributed by atoms with Crippen molar-refractivity contribution in [3.63, 3.8) is 0 Å². The molecule has 1 aromatic carbocycles. The predicted molar refractivity (Wildman–Crippen MR) is 61.5 cm³/mol. The van der Waals surface area contributed by atoms with Crippen LogP contribution in [-0.4, -0.2) is 4.57 Å². The first kappa shape index (κ1) is 11.7. The molecule has 0 N–H and O–H groups in total. The Hall–Kier alpha value is 0.214. The van der Waals surface area contributed by atoms with E-state index in [4.69, 9.17) is 0 Å². The van der Waals surface area contributed by atoms with Crippen LogP contribution in [-0.2, 0) is 51.3 Å². The van der Waals surface area contributed by atoms with Crippen molar-refractivity contribution in [2.45, 2.75) is 18.4 Å². The molecule has 0 fully saturated rings. The molecule has 2 aromatic rings. The van der Waals surface area contributed by atoms with Gasteiger partial charge >= 0.3 is 0 Å². The summed E-state index contributed by atoms with van der Waals surface area (Å²) in [5.74, 6) is 2.34. The first-order chi connectivity index (χ1) is 6.77. The van der Waals surface area contributed by atoms with Crippen molar-refractivity contribution in [3.05, 3.63) is 35.0 Å². The minimum Gasteiger partial charge on any atom is -0.370 e. The number of thioether (sulfide) groups is 1. The van der Waals surface area contributed by atoms with Crippen LogP contribution in [0.1, 0.15) is 16.8 Å². The maximum Gasteiger partial charge on any atom is 0.0333 e. The summed E-state index contributed by atoms with van der Waals surface area (Å²) in [4.78, 5) is 0. The second-order valence-corrected chi connectivity index (χ2v) is 4.88. The Bertz CT molecular complexity index is 516. The van der Waals surface area contributed by atoms with E-state index >= 15 is 0 Å². The maximum absolute atomic E-state index is 3.29. The Morgan fingerprint density at radius 3 is 3.00 bits per heavy atom. The maximum atomic E-state index is 3.29. The number of fused-ring (bicyclic) bond motifs is 3. The van der Waals surface area contributed by atoms with Crippen molar-refractivity contribution in [1.82, 2.24) is 4.57 Å². The Morgan fingerprint density at radius 1 is 1.40 bits per heavy atom. The third-order valence-electron chi connectivity index (χ3n) is 3.00. The van der Waals surface area contributed by atoms with Crippen molar-refractivity contribution in [2.24, 2.45) is 7.05 Å². The van der Waals surface area contributed by atoms with Gasteiger partial charge in [-0.2, -0.15) is 29.5 Å². The van der Waals surface area contributed by atoms with Gasteiger partial charge in [0.15, 0.2) is 0 Å². The van der Waals surface area contributed by atoms with Gasteiger partial charge in [0.25, 0.3) is 0 Å². The first-order valence-corrected chi connectivity index (χ1v) is 5.99. The van der Waals surface area contributed by atoms with E-state index in [1.54, 1.807) is 0 Å². The zero-order valence-corrected chi connectivity index (χ0v) is 12.7. The summed E-state index contributed by atoms with van der Waals surface area (Å²) < 4.78 is 2.34. The summed E-state index contributed by atoms with van der Waals surface area (Å²) in [6, 6.07) is 7.68. The summed E-state index contributed by atoms with van der Waals surface area (Å²) in [5.41, 5.74) is 5.63. The average Bonchev–Trinajstić information content (AvgIpc) is 2.72. The predicted octanol–water partition coefficient (Wildman–Crippen LogP) is 3.03. The van der Waals surface area contributed by atoms with Crippen LogP contribution in [0.3, 0.4) is 0 Å². The topological polar surface area (TPSA) is 4.93 Å². The van der Waals surface area contributed by atoms with E-state index in [1.165, 1.54) is 39.2 Å². The molecule has 0 aliphatic carbocycles. The fraction of sp³-hybridized carbons (Fsp3) is 0.333. The van der Waals surface area contributed by atoms with Crippen LogP contribution >= 0.6 is 11.8 Å². The second-order valence-electron chi connectivity index (χ2n) is 3.89. The number of rotatable bonds is 0. The molecule has 1 radical (unpaired) electrons. The summed E-state index contributed by atoms with van der Waals surface area (Å²) in [7, 11) is 2.17. The zero-order chi connectivity index (χ0) is 9.71. The molecule has 0 atom stereocenters. The molecule has 0 saturated heterocycles. The largest absolute Gasteiger partial charge is 0.370 e. The Kier molecular flexibility index (Phi) is 3.30. The fourth-order valence-corrected chi connectivity index (χ4v) is 3.39. The van der Waals surface area contributed by atoms with Crippen LogP contribution in [0.15, 0.2) is 12.1 Å². The van der Waals surface area contributed by atoms with E-state index in [0.29, 0.717) is 0 Å². The number of benzene rings is 1. The van der Waals surface area contributed by atoms with Crippen LogP contribution < -0.4 is 0 Å². The van der Waals surface area contributed by atoms with E-state index in [2.05, 4.69) is 36.7 Å². The van der Waals surface area contributed by atoms with Gasteiger partial charge in [-0.3, -0.25) is 0 Å². The number of hydrogen-bond donors (Lipinski definition) is 0. The van der Waals surface area contributed by atoms with Crippen molar-refractivity contribution in [1.29, 1.82) is 0 Å². The molecule has 1 nitrogen and oxygen atoms in total. The molecule has 0 spiro atoms. The first-order valence-electron chi connectivity index (χ1n) is 4.83. The monoisotopic (exact) mass is 291 g/mol. The van der Waals surface area contributed by atoms with Gasteiger partial charge in [0, 0.05) is 57.0 Å². The summed E-state index contributed by atoms with van der Waals surface area (Å²) in [6.45, 7) is 2.10. The second kappa shape index (κ2) is 4.23. The van der Waals surface area contributed by atoms with Gasteiger partial charge in [-0.1, -0.05) is 18.0 Å². The molecule has 0 saturated carbocycles. The molecule has 3 rings (SSSR count). The molecule has 3 heteroatoms. The summed E-state index contributed by atoms with van der Waals surface area (Å²) >= 11 is 2.01. The third-order valence-corrected chi connectivity index (χ3v) is 3.97. The summed E-state index contributed by atoms with van der Waals surface area (Å²) in [6.07, 6.45) is 0. The fourth-order valence-electron chi connectivity index (χ4n) is 2.20. The standard InChI is InChI=1S/C12H12NS.Y/c1-8-3-4-9-10-6-14-7-12(10)13(2)11(9)5-8;/h4-5H,6-7H2,1-2H3;/q-1;. The normalized spacial score (nSPS) is 14.0. The van der Waals surface area contributed by atoms with Crippen LogP contribution in [0.5, 0.6) is 0 Å². The van der Waals surface area contributed by atoms with E-state index in [1.807, 2.05) is 11.8 Å². The van der Waals surface area contributed by atoms with Crippen molar-refractivity contribution in [3.8, 4) is 0 Å². The van der Waals surface area contributed by atoms with Crippen molar-refractivity contribution < 1.29 is 32.7 Å². The SMILES string of the molecule is Cc1[c-]cc2c3c(n(C)c2c1)CSC3.[Y]. The van der Waals surface area contributed by atoms with Gasteiger partial charge in [-0.05, 0) is 0 Å². The number of aromatic nitrogens is 1. The molecule has 75 valence electrons. The minimum absolute atomic E-state index is 0. The number of aryl methyl sites for hydroxylation is 2.